The maximum atomic E-state index is 5.75. The van der Waals surface area contributed by atoms with Crippen molar-refractivity contribution in [2.45, 2.75) is 39.5 Å². The third-order valence-electron chi connectivity index (χ3n) is 3.32. The molecule has 1 N–H and O–H groups in total. The lowest BCUT2D eigenvalue weighted by molar-refractivity contribution is 0.333. The van der Waals surface area contributed by atoms with E-state index in [4.69, 9.17) is 4.74 Å². The van der Waals surface area contributed by atoms with E-state index in [2.05, 4.69) is 47.5 Å². The first-order valence-corrected chi connectivity index (χ1v) is 6.82. The van der Waals surface area contributed by atoms with E-state index in [0.717, 1.165) is 24.3 Å². The van der Waals surface area contributed by atoms with Crippen molar-refractivity contribution < 1.29 is 4.74 Å². The summed E-state index contributed by atoms with van der Waals surface area (Å²) in [6.07, 6.45) is 3.73. The topological polar surface area (TPSA) is 50.8 Å². The summed E-state index contributed by atoms with van der Waals surface area (Å²) in [4.78, 5) is 0. The summed E-state index contributed by atoms with van der Waals surface area (Å²) in [6, 6.07) is 6.39. The number of benzene rings is 1. The predicted molar refractivity (Wildman–Crippen MR) is 75.5 cm³/mol. The first-order chi connectivity index (χ1) is 9.24. The lowest BCUT2D eigenvalue weighted by atomic mass is 9.90. The van der Waals surface area contributed by atoms with Crippen LogP contribution in [0.5, 0.6) is 5.75 Å². The van der Waals surface area contributed by atoms with Crippen LogP contribution < -0.4 is 4.74 Å². The van der Waals surface area contributed by atoms with Crippen molar-refractivity contribution in [3.63, 3.8) is 0 Å². The van der Waals surface area contributed by atoms with Crippen LogP contribution in [0.3, 0.4) is 0 Å². The quantitative estimate of drug-likeness (QED) is 0.866. The Morgan fingerprint density at radius 2 is 2.16 bits per heavy atom. The Bertz CT molecular complexity index is 508. The van der Waals surface area contributed by atoms with Gasteiger partial charge in [-0.15, -0.1) is 0 Å². The predicted octanol–water partition coefficient (Wildman–Crippen LogP) is 3.25. The van der Waals surface area contributed by atoms with E-state index in [1.165, 1.54) is 11.1 Å². The zero-order chi connectivity index (χ0) is 13.7. The Kier molecular flexibility index (Phi) is 4.55. The summed E-state index contributed by atoms with van der Waals surface area (Å²) in [5, 5.41) is 10.7. The summed E-state index contributed by atoms with van der Waals surface area (Å²) in [5.41, 5.74) is 3.53. The minimum atomic E-state index is 0.409. The summed E-state index contributed by atoms with van der Waals surface area (Å²) in [6.45, 7) is 7.02. The van der Waals surface area contributed by atoms with E-state index in [0.29, 0.717) is 12.5 Å². The van der Waals surface area contributed by atoms with Crippen molar-refractivity contribution in [3.8, 4) is 5.75 Å². The van der Waals surface area contributed by atoms with Gasteiger partial charge in [0.15, 0.2) is 0 Å². The van der Waals surface area contributed by atoms with Crippen molar-refractivity contribution in [1.82, 2.24) is 15.4 Å². The molecule has 0 radical (unpaired) electrons. The Morgan fingerprint density at radius 3 is 2.79 bits per heavy atom. The van der Waals surface area contributed by atoms with Crippen molar-refractivity contribution in [2.75, 3.05) is 6.61 Å². The zero-order valence-corrected chi connectivity index (χ0v) is 11.8. The second-order valence-electron chi connectivity index (χ2n) is 4.74. The van der Waals surface area contributed by atoms with Gasteiger partial charge in [-0.2, -0.15) is 15.4 Å². The Labute approximate surface area is 114 Å². The molecule has 102 valence electrons. The van der Waals surface area contributed by atoms with Gasteiger partial charge < -0.3 is 4.74 Å². The number of hydrogen-bond acceptors (Lipinski definition) is 3. The summed E-state index contributed by atoms with van der Waals surface area (Å²) < 4.78 is 5.75. The maximum Gasteiger partial charge on any atom is 0.122 e. The highest BCUT2D eigenvalue weighted by molar-refractivity contribution is 5.40. The molecule has 2 rings (SSSR count). The first-order valence-electron chi connectivity index (χ1n) is 6.82. The third-order valence-corrected chi connectivity index (χ3v) is 3.32. The van der Waals surface area contributed by atoms with Crippen LogP contribution in [0.25, 0.3) is 0 Å². The van der Waals surface area contributed by atoms with Crippen LogP contribution in [0.4, 0.5) is 0 Å². The molecule has 0 aliphatic carbocycles. The molecule has 0 aliphatic rings. The van der Waals surface area contributed by atoms with Gasteiger partial charge in [0.25, 0.3) is 0 Å². The lowest BCUT2D eigenvalue weighted by Crippen LogP contribution is -2.06. The molecule has 0 fully saturated rings. The number of aryl methyl sites for hydroxylation is 1. The fourth-order valence-electron chi connectivity index (χ4n) is 2.32. The van der Waals surface area contributed by atoms with Gasteiger partial charge in [0.2, 0.25) is 0 Å². The van der Waals surface area contributed by atoms with Crippen LogP contribution in [0.1, 0.15) is 43.0 Å². The molecule has 0 spiro atoms. The highest BCUT2D eigenvalue weighted by Crippen LogP contribution is 2.32. The van der Waals surface area contributed by atoms with E-state index in [-0.39, 0.29) is 0 Å². The van der Waals surface area contributed by atoms with Crippen molar-refractivity contribution in [1.29, 1.82) is 0 Å². The van der Waals surface area contributed by atoms with Gasteiger partial charge in [-0.25, -0.2) is 0 Å². The van der Waals surface area contributed by atoms with Crippen molar-refractivity contribution in [2.24, 2.45) is 0 Å². The van der Waals surface area contributed by atoms with Crippen molar-refractivity contribution in [3.05, 3.63) is 41.2 Å². The van der Waals surface area contributed by atoms with E-state index in [1.807, 2.05) is 6.92 Å². The van der Waals surface area contributed by atoms with Crippen molar-refractivity contribution >= 4 is 0 Å². The number of ether oxygens (including phenoxy) is 1. The number of hydrogen-bond donors (Lipinski definition) is 1. The fourth-order valence-corrected chi connectivity index (χ4v) is 2.32. The van der Waals surface area contributed by atoms with Crippen LogP contribution in [0.2, 0.25) is 0 Å². The van der Waals surface area contributed by atoms with Gasteiger partial charge >= 0.3 is 0 Å². The number of H-pyrrole nitrogens is 1. The molecule has 1 unspecified atom stereocenters. The summed E-state index contributed by atoms with van der Waals surface area (Å²) >= 11 is 0. The highest BCUT2D eigenvalue weighted by atomic mass is 16.5. The largest absolute Gasteiger partial charge is 0.494 e. The third kappa shape index (κ3) is 3.34. The molecule has 1 atom stereocenters. The lowest BCUT2D eigenvalue weighted by Gasteiger charge is -2.19. The van der Waals surface area contributed by atoms with E-state index >= 15 is 0 Å². The number of aromatic amines is 1. The molecule has 1 aromatic carbocycles. The number of rotatable bonds is 6. The summed E-state index contributed by atoms with van der Waals surface area (Å²) in [5.74, 6) is 1.40. The first kappa shape index (κ1) is 13.6. The molecule has 1 heterocycles. The second kappa shape index (κ2) is 6.36. The zero-order valence-electron chi connectivity index (χ0n) is 11.8. The Hall–Kier alpha value is -1.84. The van der Waals surface area contributed by atoms with Gasteiger partial charge in [0, 0.05) is 6.42 Å². The average molecular weight is 259 g/mol. The van der Waals surface area contributed by atoms with Gasteiger partial charge in [0.05, 0.1) is 18.5 Å². The molecule has 4 heteroatoms. The molecule has 0 bridgehead atoms. The Morgan fingerprint density at radius 1 is 1.32 bits per heavy atom. The monoisotopic (exact) mass is 259 g/mol. The normalized spacial score (nSPS) is 12.4. The van der Waals surface area contributed by atoms with E-state index in [1.54, 1.807) is 6.20 Å². The summed E-state index contributed by atoms with van der Waals surface area (Å²) in [7, 11) is 0. The second-order valence-corrected chi connectivity index (χ2v) is 4.74. The standard InChI is InChI=1S/C15H21N3O/c1-4-12(9-13-10-16-18-17-13)14-8-11(3)6-7-15(14)19-5-2/h6-8,10,12H,4-5,9H2,1-3H3,(H,16,17,18). The average Bonchev–Trinajstić information content (AvgIpc) is 2.91. The van der Waals surface area contributed by atoms with Gasteiger partial charge in [-0.05, 0) is 37.8 Å². The molecular formula is C15H21N3O. The highest BCUT2D eigenvalue weighted by Gasteiger charge is 2.16. The molecule has 2 aromatic rings. The molecule has 4 nitrogen and oxygen atoms in total. The Balaban J connectivity index is 2.28. The molecule has 0 aliphatic heterocycles. The molecule has 0 amide bonds. The fraction of sp³-hybridized carbons (Fsp3) is 0.467. The van der Waals surface area contributed by atoms with Crippen LogP contribution in [-0.4, -0.2) is 22.0 Å². The molecular weight excluding hydrogens is 238 g/mol. The number of aromatic nitrogens is 3. The molecule has 1 aromatic heterocycles. The maximum absolute atomic E-state index is 5.75. The van der Waals surface area contributed by atoms with Gasteiger partial charge in [-0.1, -0.05) is 24.6 Å². The SMILES string of the molecule is CCOc1ccc(C)cc1C(CC)Cc1cn[nH]n1. The minimum absolute atomic E-state index is 0.409. The number of nitrogens with one attached hydrogen (secondary N) is 1. The van der Waals surface area contributed by atoms with Crippen LogP contribution in [-0.2, 0) is 6.42 Å². The van der Waals surface area contributed by atoms with Crippen LogP contribution in [0, 0.1) is 6.92 Å². The van der Waals surface area contributed by atoms with Crippen LogP contribution in [0.15, 0.2) is 24.4 Å². The van der Waals surface area contributed by atoms with Crippen LogP contribution >= 0.6 is 0 Å². The van der Waals surface area contributed by atoms with Gasteiger partial charge in [0.1, 0.15) is 5.75 Å². The van der Waals surface area contributed by atoms with E-state index < -0.39 is 0 Å². The molecule has 0 saturated carbocycles. The molecule has 0 saturated heterocycles. The van der Waals surface area contributed by atoms with E-state index in [9.17, 15) is 0 Å². The van der Waals surface area contributed by atoms with Gasteiger partial charge in [-0.3, -0.25) is 0 Å². The minimum Gasteiger partial charge on any atom is -0.494 e. The number of nitrogens with zero attached hydrogens (tertiary/aromatic N) is 2. The molecule has 19 heavy (non-hydrogen) atoms. The smallest absolute Gasteiger partial charge is 0.122 e.